The van der Waals surface area contributed by atoms with E-state index in [1.807, 2.05) is 0 Å². The molecule has 5 nitrogen and oxygen atoms in total. The number of rotatable bonds is 7. The van der Waals surface area contributed by atoms with Gasteiger partial charge in [-0.25, -0.2) is 0 Å². The average Bonchev–Trinajstić information content (AvgIpc) is 2.11. The molecule has 0 bridgehead atoms. The molecule has 2 atom stereocenters. The maximum Gasteiger partial charge on any atom is 0.293 e. The largest absolute Gasteiger partial charge is 0.459 e. The molecule has 2 N–H and O–H groups in total. The van der Waals surface area contributed by atoms with Crippen molar-refractivity contribution in [1.29, 1.82) is 0 Å². The molecule has 0 amide bonds. The number of carbonyl (C=O) groups excluding carboxylic acids is 1. The molecule has 0 aromatic heterocycles. The van der Waals surface area contributed by atoms with Crippen molar-refractivity contribution in [2.24, 2.45) is 0 Å². The first-order chi connectivity index (χ1) is 6.44. The number of hydrogen-bond acceptors (Lipinski definition) is 5. The molecule has 0 saturated carbocycles. The fourth-order valence-corrected chi connectivity index (χ4v) is 0.922. The van der Waals surface area contributed by atoms with E-state index in [1.54, 1.807) is 20.8 Å². The first-order valence-electron chi connectivity index (χ1n) is 4.46. The summed E-state index contributed by atoms with van der Waals surface area (Å²) in [5.41, 5.74) is -0.813. The summed E-state index contributed by atoms with van der Waals surface area (Å²) < 4.78 is 9.95. The number of carbonyl (C=O) groups is 1. The van der Waals surface area contributed by atoms with Gasteiger partial charge in [-0.15, -0.1) is 0 Å². The number of aliphatic hydroxyl groups is 2. The van der Waals surface area contributed by atoms with Gasteiger partial charge in [-0.1, -0.05) is 0 Å². The third-order valence-electron chi connectivity index (χ3n) is 1.86. The second-order valence-corrected chi connectivity index (χ2v) is 3.67. The molecule has 0 aliphatic rings. The van der Waals surface area contributed by atoms with Gasteiger partial charge in [-0.3, -0.25) is 4.79 Å². The van der Waals surface area contributed by atoms with E-state index >= 15 is 0 Å². The molecular weight excluding hydrogens is 188 g/mol. The van der Waals surface area contributed by atoms with Crippen LogP contribution in [0.15, 0.2) is 0 Å². The SMILES string of the molecule is CC(O)COC(C)(C)C(CO)OC=O. The highest BCUT2D eigenvalue weighted by Crippen LogP contribution is 2.17. The molecule has 14 heavy (non-hydrogen) atoms. The lowest BCUT2D eigenvalue weighted by Crippen LogP contribution is -2.44. The van der Waals surface area contributed by atoms with Crippen molar-refractivity contribution in [3.8, 4) is 0 Å². The molecule has 0 aromatic rings. The molecule has 0 aliphatic heterocycles. The number of ether oxygens (including phenoxy) is 2. The van der Waals surface area contributed by atoms with Crippen LogP contribution in [0.4, 0.5) is 0 Å². The zero-order valence-corrected chi connectivity index (χ0v) is 8.77. The molecule has 0 aromatic carbocycles. The van der Waals surface area contributed by atoms with Gasteiger partial charge in [-0.05, 0) is 20.8 Å². The Bertz CT molecular complexity index is 167. The Morgan fingerprint density at radius 3 is 2.43 bits per heavy atom. The fraction of sp³-hybridized carbons (Fsp3) is 0.889. The van der Waals surface area contributed by atoms with Crippen LogP contribution in [0.5, 0.6) is 0 Å². The lowest BCUT2D eigenvalue weighted by Gasteiger charge is -2.32. The van der Waals surface area contributed by atoms with Crippen molar-refractivity contribution in [3.63, 3.8) is 0 Å². The van der Waals surface area contributed by atoms with Gasteiger partial charge in [0, 0.05) is 0 Å². The van der Waals surface area contributed by atoms with Gasteiger partial charge in [0.05, 0.1) is 19.3 Å². The highest BCUT2D eigenvalue weighted by Gasteiger charge is 2.31. The van der Waals surface area contributed by atoms with Gasteiger partial charge in [-0.2, -0.15) is 0 Å². The van der Waals surface area contributed by atoms with Gasteiger partial charge in [0.1, 0.15) is 5.60 Å². The summed E-state index contributed by atoms with van der Waals surface area (Å²) in [5, 5.41) is 17.9. The molecule has 0 rings (SSSR count). The second kappa shape index (κ2) is 5.95. The van der Waals surface area contributed by atoms with Crippen LogP contribution in [0.1, 0.15) is 20.8 Å². The molecule has 0 spiro atoms. The van der Waals surface area contributed by atoms with Crippen molar-refractivity contribution in [2.45, 2.75) is 38.6 Å². The molecule has 0 saturated heterocycles. The van der Waals surface area contributed by atoms with E-state index < -0.39 is 17.8 Å². The highest BCUT2D eigenvalue weighted by molar-refractivity contribution is 5.37. The second-order valence-electron chi connectivity index (χ2n) is 3.67. The van der Waals surface area contributed by atoms with Crippen LogP contribution in [0, 0.1) is 0 Å². The summed E-state index contributed by atoms with van der Waals surface area (Å²) in [6.45, 7) is 5.04. The zero-order valence-electron chi connectivity index (χ0n) is 8.77. The molecule has 0 aliphatic carbocycles. The van der Waals surface area contributed by atoms with Crippen LogP contribution in [0.3, 0.4) is 0 Å². The summed E-state index contributed by atoms with van der Waals surface area (Å²) in [7, 11) is 0. The summed E-state index contributed by atoms with van der Waals surface area (Å²) in [6.07, 6.45) is -1.32. The fourth-order valence-electron chi connectivity index (χ4n) is 0.922. The average molecular weight is 206 g/mol. The van der Waals surface area contributed by atoms with Crippen molar-refractivity contribution < 1.29 is 24.5 Å². The minimum atomic E-state index is -0.813. The Morgan fingerprint density at radius 1 is 1.50 bits per heavy atom. The lowest BCUT2D eigenvalue weighted by molar-refractivity contribution is -0.165. The van der Waals surface area contributed by atoms with E-state index in [1.165, 1.54) is 0 Å². The topological polar surface area (TPSA) is 76.0 Å². The lowest BCUT2D eigenvalue weighted by atomic mass is 10.0. The van der Waals surface area contributed by atoms with Gasteiger partial charge in [0.15, 0.2) is 6.10 Å². The minimum absolute atomic E-state index is 0.131. The third kappa shape index (κ3) is 4.55. The standard InChI is InChI=1S/C9H18O5/c1-7(12)5-14-9(2,3)8(4-10)13-6-11/h6-8,10,12H,4-5H2,1-3H3. The smallest absolute Gasteiger partial charge is 0.293 e. The number of aliphatic hydroxyl groups excluding tert-OH is 2. The third-order valence-corrected chi connectivity index (χ3v) is 1.86. The quantitative estimate of drug-likeness (QED) is 0.559. The van der Waals surface area contributed by atoms with E-state index in [4.69, 9.17) is 14.9 Å². The molecule has 0 heterocycles. The Morgan fingerprint density at radius 2 is 2.07 bits per heavy atom. The van der Waals surface area contributed by atoms with Gasteiger partial charge in [0.25, 0.3) is 6.47 Å². The van der Waals surface area contributed by atoms with E-state index in [0.29, 0.717) is 0 Å². The summed E-state index contributed by atoms with van der Waals surface area (Å²) in [5.74, 6) is 0. The zero-order chi connectivity index (χ0) is 11.2. The summed E-state index contributed by atoms with van der Waals surface area (Å²) in [4.78, 5) is 10.1. The van der Waals surface area contributed by atoms with Crippen LogP contribution in [-0.4, -0.2) is 47.7 Å². The number of hydrogen-bond donors (Lipinski definition) is 2. The van der Waals surface area contributed by atoms with Gasteiger partial charge in [0.2, 0.25) is 0 Å². The molecule has 84 valence electrons. The molecule has 5 heteroatoms. The summed E-state index contributed by atoms with van der Waals surface area (Å²) >= 11 is 0. The Labute approximate surface area is 83.6 Å². The van der Waals surface area contributed by atoms with Crippen molar-refractivity contribution in [1.82, 2.24) is 0 Å². The highest BCUT2D eigenvalue weighted by atomic mass is 16.6. The normalized spacial score (nSPS) is 16.1. The first-order valence-corrected chi connectivity index (χ1v) is 4.46. The van der Waals surface area contributed by atoms with Gasteiger partial charge < -0.3 is 19.7 Å². The van der Waals surface area contributed by atoms with Crippen LogP contribution < -0.4 is 0 Å². The maximum absolute atomic E-state index is 10.1. The van der Waals surface area contributed by atoms with Crippen molar-refractivity contribution in [3.05, 3.63) is 0 Å². The minimum Gasteiger partial charge on any atom is -0.459 e. The van der Waals surface area contributed by atoms with E-state index in [0.717, 1.165) is 0 Å². The maximum atomic E-state index is 10.1. The van der Waals surface area contributed by atoms with Crippen LogP contribution >= 0.6 is 0 Å². The van der Waals surface area contributed by atoms with Crippen molar-refractivity contribution >= 4 is 6.47 Å². The van der Waals surface area contributed by atoms with Gasteiger partial charge >= 0.3 is 0 Å². The first kappa shape index (κ1) is 13.4. The van der Waals surface area contributed by atoms with Crippen LogP contribution in [0.2, 0.25) is 0 Å². The van der Waals surface area contributed by atoms with E-state index in [-0.39, 0.29) is 19.7 Å². The predicted molar refractivity (Wildman–Crippen MR) is 49.7 cm³/mol. The molecule has 2 unspecified atom stereocenters. The Hall–Kier alpha value is -0.650. The molecule has 0 radical (unpaired) electrons. The van der Waals surface area contributed by atoms with Crippen LogP contribution in [-0.2, 0) is 14.3 Å². The monoisotopic (exact) mass is 206 g/mol. The van der Waals surface area contributed by atoms with Crippen molar-refractivity contribution in [2.75, 3.05) is 13.2 Å². The Balaban J connectivity index is 4.17. The van der Waals surface area contributed by atoms with E-state index in [9.17, 15) is 4.79 Å². The summed E-state index contributed by atoms with van der Waals surface area (Å²) in [6, 6.07) is 0. The molecule has 0 fully saturated rings. The van der Waals surface area contributed by atoms with E-state index in [2.05, 4.69) is 4.74 Å². The van der Waals surface area contributed by atoms with Crippen LogP contribution in [0.25, 0.3) is 0 Å². The Kier molecular flexibility index (Phi) is 5.68. The molecular formula is C9H18O5. The predicted octanol–water partition coefficient (Wildman–Crippen LogP) is -0.304.